The molecule has 0 aliphatic heterocycles. The van der Waals surface area contributed by atoms with Crippen LogP contribution in [0.5, 0.6) is 0 Å². The van der Waals surface area contributed by atoms with Crippen molar-refractivity contribution in [2.75, 3.05) is 0 Å². The van der Waals surface area contributed by atoms with E-state index in [0.717, 1.165) is 0 Å². The second-order valence-corrected chi connectivity index (χ2v) is 2.36. The first-order valence-electron chi connectivity index (χ1n) is 3.37. The van der Waals surface area contributed by atoms with Crippen LogP contribution in [-0.2, 0) is 0 Å². The van der Waals surface area contributed by atoms with Crippen LogP contribution in [0.1, 0.15) is 22.3 Å². The van der Waals surface area contributed by atoms with Gasteiger partial charge in [-0.1, -0.05) is 0 Å². The number of amides is 1. The van der Waals surface area contributed by atoms with Crippen LogP contribution in [0.25, 0.3) is 0 Å². The third-order valence-electron chi connectivity index (χ3n) is 1.49. The molecule has 0 spiro atoms. The van der Waals surface area contributed by atoms with Crippen LogP contribution in [0.15, 0.2) is 6.20 Å². The summed E-state index contributed by atoms with van der Waals surface area (Å²) in [6.07, 6.45) is -2.76. The Kier molecular flexibility index (Phi) is 2.68. The molecule has 3 nitrogen and oxygen atoms in total. The van der Waals surface area contributed by atoms with Crippen LogP contribution in [0, 0.1) is 11.8 Å². The summed E-state index contributed by atoms with van der Waals surface area (Å²) in [4.78, 5) is 13.3. The van der Waals surface area contributed by atoms with Gasteiger partial charge in [-0.15, -0.1) is 0 Å². The van der Waals surface area contributed by atoms with Crippen molar-refractivity contribution in [1.29, 1.82) is 0 Å². The summed E-state index contributed by atoms with van der Waals surface area (Å²) < 4.78 is 49.6. The Morgan fingerprint density at radius 1 is 1.43 bits per heavy atom. The molecule has 2 N–H and O–H groups in total. The Bertz CT molecular complexity index is 380. The van der Waals surface area contributed by atoms with Crippen molar-refractivity contribution in [1.82, 2.24) is 4.98 Å². The normalized spacial score (nSPS) is 10.6. The predicted molar refractivity (Wildman–Crippen MR) is 37.6 cm³/mol. The van der Waals surface area contributed by atoms with E-state index in [-0.39, 0.29) is 0 Å². The van der Waals surface area contributed by atoms with Crippen molar-refractivity contribution in [3.8, 4) is 0 Å². The molecule has 0 unspecified atom stereocenters. The lowest BCUT2D eigenvalue weighted by atomic mass is 10.1. The molecule has 0 aliphatic rings. The molecule has 76 valence electrons. The molecule has 1 rings (SSSR count). The number of alkyl halides is 2. The first-order chi connectivity index (χ1) is 6.45. The number of nitrogens with two attached hydrogens (primary N) is 1. The van der Waals surface area contributed by atoms with Crippen molar-refractivity contribution in [3.05, 3.63) is 29.1 Å². The van der Waals surface area contributed by atoms with E-state index in [0.29, 0.717) is 6.20 Å². The Balaban J connectivity index is 3.45. The number of pyridine rings is 1. The number of primary amides is 1. The maximum absolute atomic E-state index is 12.8. The molecular formula is C7H4F4N2O. The molecule has 7 heteroatoms. The minimum atomic E-state index is -3.14. The molecular weight excluding hydrogens is 204 g/mol. The highest BCUT2D eigenvalue weighted by atomic mass is 19.3. The summed E-state index contributed by atoms with van der Waals surface area (Å²) >= 11 is 0. The average molecular weight is 208 g/mol. The van der Waals surface area contributed by atoms with Crippen LogP contribution >= 0.6 is 0 Å². The molecule has 0 saturated carbocycles. The largest absolute Gasteiger partial charge is 0.365 e. The Labute approximate surface area is 75.5 Å². The maximum Gasteiger partial charge on any atom is 0.266 e. The molecule has 0 atom stereocenters. The number of carbonyl (C=O) groups is 1. The molecule has 0 bridgehead atoms. The van der Waals surface area contributed by atoms with Crippen molar-refractivity contribution in [2.24, 2.45) is 5.73 Å². The van der Waals surface area contributed by atoms with Crippen molar-refractivity contribution in [2.45, 2.75) is 6.43 Å². The third-order valence-corrected chi connectivity index (χ3v) is 1.49. The average Bonchev–Trinajstić information content (AvgIpc) is 2.08. The lowest BCUT2D eigenvalue weighted by Crippen LogP contribution is -2.18. The Morgan fingerprint density at radius 2 is 2.00 bits per heavy atom. The molecule has 1 aromatic heterocycles. The highest BCUT2D eigenvalue weighted by Crippen LogP contribution is 2.24. The monoisotopic (exact) mass is 208 g/mol. The molecule has 0 radical (unpaired) electrons. The van der Waals surface area contributed by atoms with E-state index in [9.17, 15) is 22.4 Å². The van der Waals surface area contributed by atoms with Crippen LogP contribution in [0.3, 0.4) is 0 Å². The molecule has 0 fully saturated rings. The number of aromatic nitrogens is 1. The van der Waals surface area contributed by atoms with Crippen LogP contribution < -0.4 is 5.73 Å². The number of halogens is 4. The minimum absolute atomic E-state index is 0.378. The van der Waals surface area contributed by atoms with E-state index in [1.807, 2.05) is 0 Å². The molecule has 1 heterocycles. The van der Waals surface area contributed by atoms with Gasteiger partial charge in [0.15, 0.2) is 5.82 Å². The fraction of sp³-hybridized carbons (Fsp3) is 0.143. The van der Waals surface area contributed by atoms with Crippen LogP contribution in [-0.4, -0.2) is 10.9 Å². The second kappa shape index (κ2) is 3.60. The third kappa shape index (κ3) is 1.66. The smallest absolute Gasteiger partial charge is 0.266 e. The summed E-state index contributed by atoms with van der Waals surface area (Å²) in [5.41, 5.74) is 2.44. The number of rotatable bonds is 2. The van der Waals surface area contributed by atoms with Crippen LogP contribution in [0.4, 0.5) is 17.6 Å². The van der Waals surface area contributed by atoms with E-state index in [1.165, 1.54) is 0 Å². The van der Waals surface area contributed by atoms with Gasteiger partial charge in [0.05, 0.1) is 11.1 Å². The lowest BCUT2D eigenvalue weighted by molar-refractivity contribution is 0.0978. The molecule has 0 aliphatic carbocycles. The van der Waals surface area contributed by atoms with E-state index in [2.05, 4.69) is 10.7 Å². The molecule has 1 amide bonds. The zero-order chi connectivity index (χ0) is 10.9. The standard InChI is InChI=1S/C7H4F4N2O/c8-4-3(7(12)14)2(5(9)10)1-13-6(4)11/h1,5H,(H2,12,14). The van der Waals surface area contributed by atoms with E-state index in [1.54, 1.807) is 0 Å². The SMILES string of the molecule is NC(=O)c1c(C(F)F)cnc(F)c1F. The van der Waals surface area contributed by atoms with Gasteiger partial charge in [-0.25, -0.2) is 18.2 Å². The molecule has 14 heavy (non-hydrogen) atoms. The van der Waals surface area contributed by atoms with Gasteiger partial charge >= 0.3 is 0 Å². The summed E-state index contributed by atoms with van der Waals surface area (Å²) in [5.74, 6) is -4.85. The number of hydrogen-bond donors (Lipinski definition) is 1. The molecule has 1 aromatic rings. The summed E-state index contributed by atoms with van der Waals surface area (Å²) in [5, 5.41) is 0. The van der Waals surface area contributed by atoms with Gasteiger partial charge in [0.2, 0.25) is 5.95 Å². The van der Waals surface area contributed by atoms with Crippen molar-refractivity contribution < 1.29 is 22.4 Å². The molecule has 0 aromatic carbocycles. The van der Waals surface area contributed by atoms with Gasteiger partial charge in [-0.05, 0) is 0 Å². The first kappa shape index (κ1) is 10.4. The van der Waals surface area contributed by atoms with E-state index in [4.69, 9.17) is 0 Å². The van der Waals surface area contributed by atoms with Crippen molar-refractivity contribution in [3.63, 3.8) is 0 Å². The van der Waals surface area contributed by atoms with Gasteiger partial charge in [-0.3, -0.25) is 4.79 Å². The van der Waals surface area contributed by atoms with Gasteiger partial charge in [0, 0.05) is 6.20 Å². The number of hydrogen-bond acceptors (Lipinski definition) is 2. The topological polar surface area (TPSA) is 56.0 Å². The van der Waals surface area contributed by atoms with Gasteiger partial charge in [0.25, 0.3) is 12.3 Å². The summed E-state index contributed by atoms with van der Waals surface area (Å²) in [6, 6.07) is 0. The molecule has 0 saturated heterocycles. The quantitative estimate of drug-likeness (QED) is 0.589. The Morgan fingerprint density at radius 3 is 2.43 bits per heavy atom. The fourth-order valence-corrected chi connectivity index (χ4v) is 0.893. The Hall–Kier alpha value is -1.66. The number of carbonyl (C=O) groups excluding carboxylic acids is 1. The summed E-state index contributed by atoms with van der Waals surface area (Å²) in [7, 11) is 0. The summed E-state index contributed by atoms with van der Waals surface area (Å²) in [6.45, 7) is 0. The van der Waals surface area contributed by atoms with Gasteiger partial charge < -0.3 is 5.73 Å². The predicted octanol–water partition coefficient (Wildman–Crippen LogP) is 1.40. The van der Waals surface area contributed by atoms with Crippen molar-refractivity contribution >= 4 is 5.91 Å². The van der Waals surface area contributed by atoms with Gasteiger partial charge in [0.1, 0.15) is 0 Å². The lowest BCUT2D eigenvalue weighted by Gasteiger charge is -2.05. The maximum atomic E-state index is 12.8. The van der Waals surface area contributed by atoms with Gasteiger partial charge in [-0.2, -0.15) is 4.39 Å². The first-order valence-corrected chi connectivity index (χ1v) is 3.37. The zero-order valence-corrected chi connectivity index (χ0v) is 6.60. The zero-order valence-electron chi connectivity index (χ0n) is 6.60. The van der Waals surface area contributed by atoms with E-state index >= 15 is 0 Å². The van der Waals surface area contributed by atoms with Crippen LogP contribution in [0.2, 0.25) is 0 Å². The minimum Gasteiger partial charge on any atom is -0.365 e. The van der Waals surface area contributed by atoms with E-state index < -0.39 is 35.2 Å². The number of nitrogens with zero attached hydrogens (tertiary/aromatic N) is 1. The highest BCUT2D eigenvalue weighted by Gasteiger charge is 2.24. The highest BCUT2D eigenvalue weighted by molar-refractivity contribution is 5.94. The fourth-order valence-electron chi connectivity index (χ4n) is 0.893. The second-order valence-electron chi connectivity index (χ2n) is 2.36.